The number of ether oxygens (including phenoxy) is 1. The minimum absolute atomic E-state index is 0.0391. The second kappa shape index (κ2) is 10.8. The molecule has 0 radical (unpaired) electrons. The van der Waals surface area contributed by atoms with Gasteiger partial charge in [-0.05, 0) is 60.7 Å². The first-order chi connectivity index (χ1) is 16.5. The highest BCUT2D eigenvalue weighted by atomic mass is 32.1. The van der Waals surface area contributed by atoms with E-state index < -0.39 is 5.97 Å². The van der Waals surface area contributed by atoms with Crippen molar-refractivity contribution in [1.29, 1.82) is 0 Å². The molecule has 0 aliphatic carbocycles. The Morgan fingerprint density at radius 2 is 1.68 bits per heavy atom. The number of nitrogens with one attached hydrogen (secondary N) is 1. The molecule has 34 heavy (non-hydrogen) atoms. The van der Waals surface area contributed by atoms with Gasteiger partial charge in [-0.15, -0.1) is 11.3 Å². The molecule has 1 N–H and O–H groups in total. The van der Waals surface area contributed by atoms with E-state index in [9.17, 15) is 14.4 Å². The van der Waals surface area contributed by atoms with Crippen LogP contribution in [0, 0.1) is 17.8 Å². The van der Waals surface area contributed by atoms with Crippen LogP contribution in [-0.2, 0) is 9.53 Å². The maximum absolute atomic E-state index is 12.8. The van der Waals surface area contributed by atoms with Gasteiger partial charge in [-0.25, -0.2) is 4.79 Å². The molecule has 2 amide bonds. The second-order valence-corrected chi connectivity index (χ2v) is 8.88. The van der Waals surface area contributed by atoms with E-state index in [4.69, 9.17) is 4.74 Å². The second-order valence-electron chi connectivity index (χ2n) is 7.94. The van der Waals surface area contributed by atoms with Crippen molar-refractivity contribution < 1.29 is 19.1 Å². The van der Waals surface area contributed by atoms with Gasteiger partial charge in [-0.3, -0.25) is 9.59 Å². The summed E-state index contributed by atoms with van der Waals surface area (Å²) in [7, 11) is 1.34. The Balaban J connectivity index is 1.35. The first kappa shape index (κ1) is 23.3. The molecule has 0 unspecified atom stereocenters. The average Bonchev–Trinajstić information content (AvgIpc) is 3.42. The molecule has 0 saturated carbocycles. The van der Waals surface area contributed by atoms with Crippen LogP contribution >= 0.6 is 11.3 Å². The van der Waals surface area contributed by atoms with Gasteiger partial charge in [0.25, 0.3) is 5.91 Å². The van der Waals surface area contributed by atoms with Gasteiger partial charge in [0.05, 0.1) is 17.6 Å². The van der Waals surface area contributed by atoms with Crippen molar-refractivity contribution in [2.24, 2.45) is 5.92 Å². The van der Waals surface area contributed by atoms with Crippen LogP contribution in [0.4, 0.5) is 5.69 Å². The molecule has 3 aromatic rings. The van der Waals surface area contributed by atoms with Crippen molar-refractivity contribution in [1.82, 2.24) is 4.90 Å². The van der Waals surface area contributed by atoms with Crippen LogP contribution in [0.15, 0.2) is 66.0 Å². The Morgan fingerprint density at radius 3 is 2.35 bits per heavy atom. The van der Waals surface area contributed by atoms with E-state index in [0.29, 0.717) is 42.7 Å². The summed E-state index contributed by atoms with van der Waals surface area (Å²) in [6.45, 7) is 1.15. The number of hydrogen-bond donors (Lipinski definition) is 1. The van der Waals surface area contributed by atoms with Crippen molar-refractivity contribution in [2.45, 2.75) is 12.8 Å². The van der Waals surface area contributed by atoms with Crippen molar-refractivity contribution >= 4 is 34.8 Å². The van der Waals surface area contributed by atoms with Crippen LogP contribution in [0.5, 0.6) is 0 Å². The number of carbonyl (C=O) groups excluding carboxylic acids is 3. The Hall–Kier alpha value is -3.89. The Labute approximate surface area is 202 Å². The van der Waals surface area contributed by atoms with E-state index in [2.05, 4.69) is 17.2 Å². The monoisotopic (exact) mass is 472 g/mol. The van der Waals surface area contributed by atoms with Crippen molar-refractivity contribution in [3.8, 4) is 11.8 Å². The summed E-state index contributed by atoms with van der Waals surface area (Å²) < 4.78 is 4.74. The Kier molecular flexibility index (Phi) is 7.41. The lowest BCUT2D eigenvalue weighted by atomic mass is 9.95. The lowest BCUT2D eigenvalue weighted by molar-refractivity contribution is -0.121. The molecule has 7 heteroatoms. The lowest BCUT2D eigenvalue weighted by Crippen LogP contribution is -2.41. The van der Waals surface area contributed by atoms with E-state index in [1.807, 2.05) is 52.7 Å². The highest BCUT2D eigenvalue weighted by Gasteiger charge is 2.28. The van der Waals surface area contributed by atoms with E-state index in [1.165, 1.54) is 18.4 Å². The predicted molar refractivity (Wildman–Crippen MR) is 132 cm³/mol. The lowest BCUT2D eigenvalue weighted by Gasteiger charge is -2.31. The number of nitrogens with zero attached hydrogens (tertiary/aromatic N) is 1. The molecule has 6 nitrogen and oxygen atoms in total. The number of anilines is 1. The zero-order valence-corrected chi connectivity index (χ0v) is 19.6. The number of hydrogen-bond acceptors (Lipinski definition) is 5. The smallest absolute Gasteiger partial charge is 0.337 e. The van der Waals surface area contributed by atoms with Crippen LogP contribution in [0.1, 0.15) is 44.0 Å². The number of esters is 1. The van der Waals surface area contributed by atoms with Gasteiger partial charge in [-0.2, -0.15) is 0 Å². The summed E-state index contributed by atoms with van der Waals surface area (Å²) in [5.41, 5.74) is 2.56. The Bertz CT molecular complexity index is 1250. The van der Waals surface area contributed by atoms with Gasteiger partial charge < -0.3 is 15.0 Å². The fraction of sp³-hybridized carbons (Fsp3) is 0.222. The average molecular weight is 473 g/mol. The molecular weight excluding hydrogens is 448 g/mol. The predicted octanol–water partition coefficient (Wildman–Crippen LogP) is 4.43. The normalized spacial score (nSPS) is 13.5. The third-order valence-electron chi connectivity index (χ3n) is 5.65. The van der Waals surface area contributed by atoms with Crippen LogP contribution in [0.2, 0.25) is 0 Å². The van der Waals surface area contributed by atoms with E-state index in [-0.39, 0.29) is 17.7 Å². The molecular formula is C27H24N2O4S. The number of benzene rings is 2. The van der Waals surface area contributed by atoms with Crippen molar-refractivity contribution in [3.05, 3.63) is 87.6 Å². The van der Waals surface area contributed by atoms with E-state index in [0.717, 1.165) is 10.4 Å². The summed E-state index contributed by atoms with van der Waals surface area (Å²) in [6.07, 6.45) is 1.28. The molecule has 1 fully saturated rings. The molecule has 1 aliphatic rings. The standard InChI is InChI=1S/C27H24N2O4S/c1-33-27(32)22-7-2-5-19(17-22)10-11-20-6-3-8-23(18-20)28-25(30)21-12-14-29(15-13-21)26(31)24-9-4-16-34-24/h2-9,16-18,21H,12-15H2,1H3,(H,28,30). The number of carbonyl (C=O) groups is 3. The van der Waals surface area contributed by atoms with Crippen LogP contribution in [-0.4, -0.2) is 42.9 Å². The topological polar surface area (TPSA) is 75.7 Å². The minimum atomic E-state index is -0.407. The van der Waals surface area contributed by atoms with Gasteiger partial charge in [0.1, 0.15) is 0 Å². The third kappa shape index (κ3) is 5.72. The number of methoxy groups -OCH3 is 1. The van der Waals surface area contributed by atoms with Crippen LogP contribution < -0.4 is 5.32 Å². The summed E-state index contributed by atoms with van der Waals surface area (Å²) in [5, 5.41) is 4.88. The summed E-state index contributed by atoms with van der Waals surface area (Å²) in [4.78, 5) is 39.5. The number of likely N-dealkylation sites (tertiary alicyclic amines) is 1. The molecule has 1 aromatic heterocycles. The third-order valence-corrected chi connectivity index (χ3v) is 6.51. The number of amides is 2. The van der Waals surface area contributed by atoms with Gasteiger partial charge in [-0.1, -0.05) is 30.0 Å². The molecule has 172 valence electrons. The quantitative estimate of drug-likeness (QED) is 0.450. The van der Waals surface area contributed by atoms with Crippen molar-refractivity contribution in [3.63, 3.8) is 0 Å². The Morgan fingerprint density at radius 1 is 0.971 bits per heavy atom. The first-order valence-corrected chi connectivity index (χ1v) is 11.9. The molecule has 1 saturated heterocycles. The minimum Gasteiger partial charge on any atom is -0.465 e. The maximum atomic E-state index is 12.8. The molecule has 0 spiro atoms. The van der Waals surface area contributed by atoms with Gasteiger partial charge in [0, 0.05) is 35.8 Å². The SMILES string of the molecule is COC(=O)c1cccc(C#Cc2cccc(NC(=O)C3CCN(C(=O)c4cccs4)CC3)c2)c1. The molecule has 4 rings (SSSR count). The molecule has 1 aliphatic heterocycles. The summed E-state index contributed by atoms with van der Waals surface area (Å²) >= 11 is 1.44. The fourth-order valence-corrected chi connectivity index (χ4v) is 4.50. The number of rotatable bonds is 4. The fourth-order valence-electron chi connectivity index (χ4n) is 3.81. The highest BCUT2D eigenvalue weighted by Crippen LogP contribution is 2.22. The van der Waals surface area contributed by atoms with E-state index in [1.54, 1.807) is 18.2 Å². The van der Waals surface area contributed by atoms with Crippen LogP contribution in [0.3, 0.4) is 0 Å². The van der Waals surface area contributed by atoms with Gasteiger partial charge in [0.2, 0.25) is 5.91 Å². The largest absolute Gasteiger partial charge is 0.465 e. The number of thiophene rings is 1. The summed E-state index contributed by atoms with van der Waals surface area (Å²) in [6, 6.07) is 18.0. The first-order valence-electron chi connectivity index (χ1n) is 11.0. The molecule has 2 aromatic carbocycles. The maximum Gasteiger partial charge on any atom is 0.337 e. The van der Waals surface area contributed by atoms with Crippen molar-refractivity contribution in [2.75, 3.05) is 25.5 Å². The zero-order chi connectivity index (χ0) is 23.9. The van der Waals surface area contributed by atoms with Gasteiger partial charge in [0.15, 0.2) is 0 Å². The molecule has 0 atom stereocenters. The van der Waals surface area contributed by atoms with Crippen LogP contribution in [0.25, 0.3) is 0 Å². The summed E-state index contributed by atoms with van der Waals surface area (Å²) in [5.74, 6) is 5.57. The molecule has 2 heterocycles. The molecule has 0 bridgehead atoms. The zero-order valence-electron chi connectivity index (χ0n) is 18.7. The van der Waals surface area contributed by atoms with Gasteiger partial charge >= 0.3 is 5.97 Å². The van der Waals surface area contributed by atoms with E-state index >= 15 is 0 Å². The highest BCUT2D eigenvalue weighted by molar-refractivity contribution is 7.12. The number of piperidine rings is 1.